The van der Waals surface area contributed by atoms with Crippen LogP contribution in [-0.2, 0) is 0 Å². The van der Waals surface area contributed by atoms with Gasteiger partial charge < -0.3 is 9.80 Å². The number of carbonyl (C=O) groups excluding carboxylic acids is 1. The number of likely N-dealkylation sites (tertiary alicyclic amines) is 1. The molecule has 0 saturated carbocycles. The predicted octanol–water partition coefficient (Wildman–Crippen LogP) is 3.09. The smallest absolute Gasteiger partial charge is 0.272 e. The number of nitrogens with zero attached hydrogens (tertiary/aromatic N) is 3. The molecule has 1 unspecified atom stereocenters. The number of aromatic nitrogens is 1. The Kier molecular flexibility index (Phi) is 4.42. The van der Waals surface area contributed by atoms with E-state index in [-0.39, 0.29) is 5.91 Å². The summed E-state index contributed by atoms with van der Waals surface area (Å²) in [7, 11) is 0. The van der Waals surface area contributed by atoms with Crippen LogP contribution in [0.5, 0.6) is 0 Å². The molecule has 2 fully saturated rings. The molecule has 0 aromatic carbocycles. The van der Waals surface area contributed by atoms with E-state index in [1.165, 1.54) is 31.4 Å². The molecule has 2 aliphatic heterocycles. The van der Waals surface area contributed by atoms with Crippen molar-refractivity contribution in [2.75, 3.05) is 24.5 Å². The maximum absolute atomic E-state index is 12.3. The molecule has 3 heterocycles. The van der Waals surface area contributed by atoms with Gasteiger partial charge in [0, 0.05) is 25.7 Å². The van der Waals surface area contributed by atoms with E-state index in [2.05, 4.69) is 22.9 Å². The summed E-state index contributed by atoms with van der Waals surface area (Å²) in [5.41, 5.74) is 1.75. The quantitative estimate of drug-likeness (QED) is 0.857. The third-order valence-corrected chi connectivity index (χ3v) is 4.79. The molecule has 2 aliphatic rings. The van der Waals surface area contributed by atoms with E-state index in [1.54, 1.807) is 0 Å². The van der Waals surface area contributed by atoms with Crippen LogP contribution in [0.3, 0.4) is 0 Å². The second-order valence-corrected chi connectivity index (χ2v) is 6.15. The minimum atomic E-state index is 0.0877. The second-order valence-electron chi connectivity index (χ2n) is 6.15. The number of piperidine rings is 1. The number of hydrogen-bond acceptors (Lipinski definition) is 3. The summed E-state index contributed by atoms with van der Waals surface area (Å²) >= 11 is 0. The van der Waals surface area contributed by atoms with Gasteiger partial charge in [0.15, 0.2) is 0 Å². The Morgan fingerprint density at radius 1 is 1.19 bits per heavy atom. The van der Waals surface area contributed by atoms with Gasteiger partial charge in [0.25, 0.3) is 5.91 Å². The Bertz CT molecular complexity index is 479. The van der Waals surface area contributed by atoms with Gasteiger partial charge in [-0.2, -0.15) is 0 Å². The van der Waals surface area contributed by atoms with Gasteiger partial charge in [-0.25, -0.2) is 4.98 Å². The van der Waals surface area contributed by atoms with Crippen LogP contribution < -0.4 is 4.90 Å². The molecule has 1 atom stereocenters. The van der Waals surface area contributed by atoms with Crippen LogP contribution in [0.15, 0.2) is 18.3 Å². The highest BCUT2D eigenvalue weighted by atomic mass is 16.2. The van der Waals surface area contributed by atoms with Crippen molar-refractivity contribution in [3.05, 3.63) is 24.0 Å². The molecule has 0 radical (unpaired) electrons. The van der Waals surface area contributed by atoms with Crippen molar-refractivity contribution in [3.8, 4) is 0 Å². The fraction of sp³-hybridized carbons (Fsp3) is 0.647. The first-order valence-corrected chi connectivity index (χ1v) is 8.31. The summed E-state index contributed by atoms with van der Waals surface area (Å²) in [6.07, 6.45) is 9.15. The standard InChI is InChI=1S/C17H25N3O/c1-2-14-7-3-4-12-20(14)15-8-9-16(18-13-15)17(21)19-10-5-6-11-19/h8-9,13-14H,2-7,10-12H2,1H3. The van der Waals surface area contributed by atoms with Crippen molar-refractivity contribution in [1.29, 1.82) is 0 Å². The van der Waals surface area contributed by atoms with Gasteiger partial charge in [0.1, 0.15) is 5.69 Å². The van der Waals surface area contributed by atoms with E-state index in [0.29, 0.717) is 11.7 Å². The van der Waals surface area contributed by atoms with Gasteiger partial charge in [-0.3, -0.25) is 4.79 Å². The first-order valence-electron chi connectivity index (χ1n) is 8.31. The lowest BCUT2D eigenvalue weighted by molar-refractivity contribution is 0.0787. The van der Waals surface area contributed by atoms with E-state index < -0.39 is 0 Å². The second kappa shape index (κ2) is 6.46. The minimum Gasteiger partial charge on any atom is -0.367 e. The number of carbonyl (C=O) groups is 1. The Hall–Kier alpha value is -1.58. The molecule has 0 N–H and O–H groups in total. The molecule has 0 spiro atoms. The fourth-order valence-electron chi connectivity index (χ4n) is 3.53. The maximum Gasteiger partial charge on any atom is 0.272 e. The summed E-state index contributed by atoms with van der Waals surface area (Å²) in [6.45, 7) is 5.12. The zero-order valence-electron chi connectivity index (χ0n) is 12.9. The maximum atomic E-state index is 12.3. The van der Waals surface area contributed by atoms with Crippen LogP contribution in [0.4, 0.5) is 5.69 Å². The number of rotatable bonds is 3. The Morgan fingerprint density at radius 3 is 2.62 bits per heavy atom. The third-order valence-electron chi connectivity index (χ3n) is 4.79. The number of anilines is 1. The molecule has 2 saturated heterocycles. The normalized spacial score (nSPS) is 22.6. The van der Waals surface area contributed by atoms with Crippen molar-refractivity contribution >= 4 is 11.6 Å². The fourth-order valence-corrected chi connectivity index (χ4v) is 3.53. The average Bonchev–Trinajstić information content (AvgIpc) is 3.09. The molecule has 4 nitrogen and oxygen atoms in total. The van der Waals surface area contributed by atoms with Crippen LogP contribution in [0.1, 0.15) is 55.9 Å². The van der Waals surface area contributed by atoms with E-state index in [4.69, 9.17) is 0 Å². The molecule has 4 heteroatoms. The van der Waals surface area contributed by atoms with Gasteiger partial charge in [-0.05, 0) is 50.7 Å². The highest BCUT2D eigenvalue weighted by Gasteiger charge is 2.23. The highest BCUT2D eigenvalue weighted by Crippen LogP contribution is 2.26. The molecular formula is C17H25N3O. The largest absolute Gasteiger partial charge is 0.367 e. The molecular weight excluding hydrogens is 262 g/mol. The monoisotopic (exact) mass is 287 g/mol. The minimum absolute atomic E-state index is 0.0877. The molecule has 21 heavy (non-hydrogen) atoms. The number of pyridine rings is 1. The van der Waals surface area contributed by atoms with Gasteiger partial charge in [-0.15, -0.1) is 0 Å². The average molecular weight is 287 g/mol. The Morgan fingerprint density at radius 2 is 1.95 bits per heavy atom. The third kappa shape index (κ3) is 3.04. The molecule has 1 aromatic heterocycles. The predicted molar refractivity (Wildman–Crippen MR) is 84.7 cm³/mol. The van der Waals surface area contributed by atoms with Crippen molar-refractivity contribution < 1.29 is 4.79 Å². The van der Waals surface area contributed by atoms with Gasteiger partial charge in [0.2, 0.25) is 0 Å². The van der Waals surface area contributed by atoms with E-state index >= 15 is 0 Å². The van der Waals surface area contributed by atoms with E-state index in [1.807, 2.05) is 17.2 Å². The van der Waals surface area contributed by atoms with Crippen LogP contribution in [-0.4, -0.2) is 41.5 Å². The summed E-state index contributed by atoms with van der Waals surface area (Å²) in [4.78, 5) is 21.1. The van der Waals surface area contributed by atoms with Crippen molar-refractivity contribution in [3.63, 3.8) is 0 Å². The highest BCUT2D eigenvalue weighted by molar-refractivity contribution is 5.92. The van der Waals surface area contributed by atoms with Gasteiger partial charge >= 0.3 is 0 Å². The first-order chi connectivity index (χ1) is 10.3. The SMILES string of the molecule is CCC1CCCCN1c1ccc(C(=O)N2CCCC2)nc1. The van der Waals surface area contributed by atoms with Gasteiger partial charge in [-0.1, -0.05) is 6.92 Å². The summed E-state index contributed by atoms with van der Waals surface area (Å²) in [6, 6.07) is 4.60. The lowest BCUT2D eigenvalue weighted by Crippen LogP contribution is -2.39. The summed E-state index contributed by atoms with van der Waals surface area (Å²) < 4.78 is 0. The molecule has 114 valence electrons. The van der Waals surface area contributed by atoms with Crippen molar-refractivity contribution in [2.24, 2.45) is 0 Å². The van der Waals surface area contributed by atoms with Crippen LogP contribution in [0.25, 0.3) is 0 Å². The zero-order chi connectivity index (χ0) is 14.7. The van der Waals surface area contributed by atoms with E-state index in [0.717, 1.165) is 32.5 Å². The van der Waals surface area contributed by atoms with Crippen LogP contribution >= 0.6 is 0 Å². The van der Waals surface area contributed by atoms with Crippen LogP contribution in [0, 0.1) is 0 Å². The van der Waals surface area contributed by atoms with Crippen molar-refractivity contribution in [1.82, 2.24) is 9.88 Å². The number of amides is 1. The Labute approximate surface area is 127 Å². The molecule has 1 amide bonds. The summed E-state index contributed by atoms with van der Waals surface area (Å²) in [5, 5.41) is 0. The topological polar surface area (TPSA) is 36.4 Å². The summed E-state index contributed by atoms with van der Waals surface area (Å²) in [5.74, 6) is 0.0877. The zero-order valence-corrected chi connectivity index (χ0v) is 12.9. The molecule has 0 bridgehead atoms. The molecule has 0 aliphatic carbocycles. The van der Waals surface area contributed by atoms with Gasteiger partial charge in [0.05, 0.1) is 11.9 Å². The lowest BCUT2D eigenvalue weighted by Gasteiger charge is -2.37. The Balaban J connectivity index is 1.72. The molecule has 1 aromatic rings. The lowest BCUT2D eigenvalue weighted by atomic mass is 9.99. The number of hydrogen-bond donors (Lipinski definition) is 0. The molecule has 3 rings (SSSR count). The van der Waals surface area contributed by atoms with Crippen molar-refractivity contribution in [2.45, 2.75) is 51.5 Å². The van der Waals surface area contributed by atoms with Crippen LogP contribution in [0.2, 0.25) is 0 Å². The van der Waals surface area contributed by atoms with E-state index in [9.17, 15) is 4.79 Å². The first kappa shape index (κ1) is 14.4.